The van der Waals surface area contributed by atoms with Crippen molar-refractivity contribution in [3.63, 3.8) is 0 Å². The van der Waals surface area contributed by atoms with Crippen molar-refractivity contribution in [2.24, 2.45) is 5.92 Å². The molecule has 1 heterocycles. The minimum absolute atomic E-state index is 0.420. The van der Waals surface area contributed by atoms with Gasteiger partial charge in [-0.3, -0.25) is 9.69 Å². The first-order valence-electron chi connectivity index (χ1n) is 9.83. The Morgan fingerprint density at radius 3 is 2.41 bits per heavy atom. The number of carbonyl (C=O) groups is 1. The van der Waals surface area contributed by atoms with Gasteiger partial charge < -0.3 is 4.90 Å². The predicted molar refractivity (Wildman–Crippen MR) is 90.8 cm³/mol. The molecule has 22 heavy (non-hydrogen) atoms. The average molecular weight is 306 g/mol. The van der Waals surface area contributed by atoms with Crippen molar-refractivity contribution in [2.45, 2.75) is 89.6 Å². The van der Waals surface area contributed by atoms with Gasteiger partial charge in [0.05, 0.1) is 6.54 Å². The van der Waals surface area contributed by atoms with Gasteiger partial charge in [-0.25, -0.2) is 0 Å². The summed E-state index contributed by atoms with van der Waals surface area (Å²) in [4.78, 5) is 17.7. The Morgan fingerprint density at radius 2 is 1.64 bits per heavy atom. The number of nitrogens with zero attached hydrogens (tertiary/aromatic N) is 2. The van der Waals surface area contributed by atoms with Crippen LogP contribution in [0.4, 0.5) is 0 Å². The lowest BCUT2D eigenvalue weighted by atomic mass is 9.78. The molecule has 3 aliphatic rings. The standard InChI is InChI=1S/C19H34N2O/c1-2-20(17-11-4-3-5-12-17)15-19(22)21-14-8-10-16-9-6-7-13-18(16)21/h16-18H,2-15H2,1H3. The summed E-state index contributed by atoms with van der Waals surface area (Å²) in [7, 11) is 0. The van der Waals surface area contributed by atoms with E-state index in [1.807, 2.05) is 0 Å². The van der Waals surface area contributed by atoms with Crippen LogP contribution in [0.3, 0.4) is 0 Å². The van der Waals surface area contributed by atoms with Crippen LogP contribution in [0.15, 0.2) is 0 Å². The second kappa shape index (κ2) is 7.81. The molecule has 0 aromatic heterocycles. The molecule has 3 fully saturated rings. The van der Waals surface area contributed by atoms with Crippen molar-refractivity contribution < 1.29 is 4.79 Å². The number of piperidine rings is 1. The number of rotatable bonds is 4. The first-order chi connectivity index (χ1) is 10.8. The molecule has 3 nitrogen and oxygen atoms in total. The zero-order valence-corrected chi connectivity index (χ0v) is 14.4. The molecule has 2 saturated carbocycles. The maximum absolute atomic E-state index is 12.9. The molecule has 2 atom stereocenters. The number of hydrogen-bond acceptors (Lipinski definition) is 2. The summed E-state index contributed by atoms with van der Waals surface area (Å²) in [6, 6.07) is 1.23. The Hall–Kier alpha value is -0.570. The molecule has 0 aromatic rings. The fourth-order valence-corrected chi connectivity index (χ4v) is 5.14. The molecule has 0 radical (unpaired) electrons. The Labute approximate surface area is 136 Å². The van der Waals surface area contributed by atoms with Gasteiger partial charge in [0.25, 0.3) is 0 Å². The molecule has 0 aromatic carbocycles. The summed E-state index contributed by atoms with van der Waals surface area (Å²) in [5.74, 6) is 1.22. The number of fused-ring (bicyclic) bond motifs is 1. The van der Waals surface area contributed by atoms with Crippen LogP contribution in [-0.4, -0.2) is 47.4 Å². The first-order valence-corrected chi connectivity index (χ1v) is 9.83. The Bertz CT molecular complexity index is 362. The summed E-state index contributed by atoms with van der Waals surface area (Å²) < 4.78 is 0. The van der Waals surface area contributed by atoms with Gasteiger partial charge in [0, 0.05) is 18.6 Å². The monoisotopic (exact) mass is 306 g/mol. The van der Waals surface area contributed by atoms with Gasteiger partial charge in [0.15, 0.2) is 0 Å². The molecule has 0 spiro atoms. The molecule has 1 amide bonds. The fourth-order valence-electron chi connectivity index (χ4n) is 5.14. The van der Waals surface area contributed by atoms with Gasteiger partial charge in [0.1, 0.15) is 0 Å². The normalized spacial score (nSPS) is 30.4. The second-order valence-electron chi connectivity index (χ2n) is 7.70. The molecule has 1 aliphatic heterocycles. The van der Waals surface area contributed by atoms with Crippen LogP contribution >= 0.6 is 0 Å². The minimum atomic E-state index is 0.420. The van der Waals surface area contributed by atoms with E-state index in [1.165, 1.54) is 70.6 Å². The maximum Gasteiger partial charge on any atom is 0.237 e. The number of amides is 1. The summed E-state index contributed by atoms with van der Waals surface area (Å²) in [6.07, 6.45) is 14.6. The van der Waals surface area contributed by atoms with Crippen LogP contribution in [-0.2, 0) is 4.79 Å². The van der Waals surface area contributed by atoms with Gasteiger partial charge in [-0.05, 0) is 51.0 Å². The molecular formula is C19H34N2O. The van der Waals surface area contributed by atoms with E-state index in [0.29, 0.717) is 24.5 Å². The highest BCUT2D eigenvalue weighted by Crippen LogP contribution is 2.35. The Morgan fingerprint density at radius 1 is 0.955 bits per heavy atom. The van der Waals surface area contributed by atoms with Crippen LogP contribution < -0.4 is 0 Å². The van der Waals surface area contributed by atoms with Crippen LogP contribution in [0.2, 0.25) is 0 Å². The van der Waals surface area contributed by atoms with Crippen molar-refractivity contribution >= 4 is 5.91 Å². The molecule has 3 heteroatoms. The zero-order chi connectivity index (χ0) is 15.4. The lowest BCUT2D eigenvalue weighted by molar-refractivity contribution is -0.139. The van der Waals surface area contributed by atoms with E-state index < -0.39 is 0 Å². The van der Waals surface area contributed by atoms with Gasteiger partial charge in [-0.1, -0.05) is 39.0 Å². The Kier molecular flexibility index (Phi) is 5.78. The third-order valence-corrected chi connectivity index (χ3v) is 6.40. The van der Waals surface area contributed by atoms with E-state index in [-0.39, 0.29) is 0 Å². The molecular weight excluding hydrogens is 272 g/mol. The number of carbonyl (C=O) groups excluding carboxylic acids is 1. The van der Waals surface area contributed by atoms with E-state index in [1.54, 1.807) is 0 Å². The van der Waals surface area contributed by atoms with E-state index >= 15 is 0 Å². The van der Waals surface area contributed by atoms with E-state index in [0.717, 1.165) is 19.0 Å². The largest absolute Gasteiger partial charge is 0.338 e. The van der Waals surface area contributed by atoms with Gasteiger partial charge >= 0.3 is 0 Å². The highest BCUT2D eigenvalue weighted by atomic mass is 16.2. The maximum atomic E-state index is 12.9. The van der Waals surface area contributed by atoms with Gasteiger partial charge in [-0.2, -0.15) is 0 Å². The molecule has 126 valence electrons. The summed E-state index contributed by atoms with van der Waals surface area (Å²) in [5.41, 5.74) is 0. The predicted octanol–water partition coefficient (Wildman–Crippen LogP) is 3.82. The molecule has 2 unspecified atom stereocenters. The highest BCUT2D eigenvalue weighted by molar-refractivity contribution is 5.78. The van der Waals surface area contributed by atoms with Crippen LogP contribution in [0.5, 0.6) is 0 Å². The summed E-state index contributed by atoms with van der Waals surface area (Å²) >= 11 is 0. The number of hydrogen-bond donors (Lipinski definition) is 0. The smallest absolute Gasteiger partial charge is 0.237 e. The van der Waals surface area contributed by atoms with Crippen molar-refractivity contribution in [2.75, 3.05) is 19.6 Å². The number of likely N-dealkylation sites (N-methyl/N-ethyl adjacent to an activating group) is 1. The SMILES string of the molecule is CCN(CC(=O)N1CCCC2CCCCC21)C1CCCCC1. The second-order valence-corrected chi connectivity index (χ2v) is 7.70. The van der Waals surface area contributed by atoms with Crippen LogP contribution in [0.1, 0.15) is 77.6 Å². The van der Waals surface area contributed by atoms with E-state index in [2.05, 4.69) is 16.7 Å². The van der Waals surface area contributed by atoms with Gasteiger partial charge in [0.2, 0.25) is 5.91 Å². The third kappa shape index (κ3) is 3.67. The summed E-state index contributed by atoms with van der Waals surface area (Å²) in [5, 5.41) is 0. The lowest BCUT2D eigenvalue weighted by Crippen LogP contribution is -2.53. The lowest BCUT2D eigenvalue weighted by Gasteiger charge is -2.45. The van der Waals surface area contributed by atoms with Crippen LogP contribution in [0.25, 0.3) is 0 Å². The van der Waals surface area contributed by atoms with Crippen LogP contribution in [0, 0.1) is 5.92 Å². The fraction of sp³-hybridized carbons (Fsp3) is 0.947. The van der Waals surface area contributed by atoms with Crippen molar-refractivity contribution in [3.05, 3.63) is 0 Å². The molecule has 0 N–H and O–H groups in total. The molecule has 0 bridgehead atoms. The van der Waals surface area contributed by atoms with E-state index in [4.69, 9.17) is 0 Å². The third-order valence-electron chi connectivity index (χ3n) is 6.40. The van der Waals surface area contributed by atoms with Gasteiger partial charge in [-0.15, -0.1) is 0 Å². The van der Waals surface area contributed by atoms with E-state index in [9.17, 15) is 4.79 Å². The Balaban J connectivity index is 1.59. The summed E-state index contributed by atoms with van der Waals surface area (Å²) in [6.45, 7) is 4.94. The quantitative estimate of drug-likeness (QED) is 0.788. The number of likely N-dealkylation sites (tertiary alicyclic amines) is 1. The highest BCUT2D eigenvalue weighted by Gasteiger charge is 2.36. The van der Waals surface area contributed by atoms with Crippen molar-refractivity contribution in [3.8, 4) is 0 Å². The minimum Gasteiger partial charge on any atom is -0.338 e. The zero-order valence-electron chi connectivity index (χ0n) is 14.4. The topological polar surface area (TPSA) is 23.6 Å². The molecule has 1 saturated heterocycles. The average Bonchev–Trinajstić information content (AvgIpc) is 2.59. The molecule has 2 aliphatic carbocycles. The molecule has 3 rings (SSSR count). The van der Waals surface area contributed by atoms with Crippen molar-refractivity contribution in [1.82, 2.24) is 9.80 Å². The van der Waals surface area contributed by atoms with Crippen molar-refractivity contribution in [1.29, 1.82) is 0 Å². The first kappa shape index (κ1) is 16.3.